The monoisotopic (exact) mass is 182 g/mol. The van der Waals surface area contributed by atoms with Gasteiger partial charge in [0.2, 0.25) is 0 Å². The van der Waals surface area contributed by atoms with Crippen molar-refractivity contribution >= 4 is 0 Å². The molecule has 1 aliphatic rings. The Bertz CT molecular complexity index is 170. The van der Waals surface area contributed by atoms with Gasteiger partial charge in [0, 0.05) is 26.1 Å². The zero-order valence-electron chi connectivity index (χ0n) is 8.33. The lowest BCUT2D eigenvalue weighted by Gasteiger charge is -2.17. The molecule has 1 unspecified atom stereocenters. The van der Waals surface area contributed by atoms with Gasteiger partial charge in [-0.05, 0) is 26.3 Å². The third-order valence-corrected chi connectivity index (χ3v) is 2.46. The van der Waals surface area contributed by atoms with Crippen molar-refractivity contribution in [1.82, 2.24) is 4.90 Å². The molecule has 0 N–H and O–H groups in total. The lowest BCUT2D eigenvalue weighted by molar-refractivity contribution is 0.0953. The second-order valence-electron chi connectivity index (χ2n) is 3.64. The van der Waals surface area contributed by atoms with Gasteiger partial charge in [0.05, 0.1) is 12.2 Å². The normalized spacial score (nSPS) is 22.1. The molecule has 0 aromatic carbocycles. The molecule has 1 aliphatic heterocycles. The molecule has 13 heavy (non-hydrogen) atoms. The molecule has 0 radical (unpaired) electrons. The van der Waals surface area contributed by atoms with Crippen molar-refractivity contribution in [2.45, 2.75) is 31.8 Å². The molecule has 0 aliphatic carbocycles. The van der Waals surface area contributed by atoms with E-state index in [0.29, 0.717) is 12.5 Å². The Morgan fingerprint density at radius 1 is 1.54 bits per heavy atom. The maximum absolute atomic E-state index is 8.39. The summed E-state index contributed by atoms with van der Waals surface area (Å²) in [6.07, 6.45) is 4.65. The van der Waals surface area contributed by atoms with E-state index in [9.17, 15) is 0 Å². The molecular formula is C10H18N2O. The Morgan fingerprint density at radius 2 is 2.38 bits per heavy atom. The number of nitrogens with zero attached hydrogens (tertiary/aromatic N) is 2. The van der Waals surface area contributed by atoms with Gasteiger partial charge in [-0.25, -0.2) is 0 Å². The summed E-state index contributed by atoms with van der Waals surface area (Å²) in [5.41, 5.74) is 0. The first-order chi connectivity index (χ1) is 6.33. The van der Waals surface area contributed by atoms with Crippen LogP contribution >= 0.6 is 0 Å². The Balaban J connectivity index is 2.00. The van der Waals surface area contributed by atoms with Crippen molar-refractivity contribution < 1.29 is 4.74 Å². The highest BCUT2D eigenvalue weighted by Gasteiger charge is 2.15. The van der Waals surface area contributed by atoms with E-state index in [2.05, 4.69) is 18.0 Å². The van der Waals surface area contributed by atoms with Gasteiger partial charge >= 0.3 is 0 Å². The standard InChI is InChI=1S/C10H18N2O/c1-12(7-3-6-11)8-5-10-4-2-9-13-10/h10H,2-5,7-9H2,1H3. The third kappa shape index (κ3) is 4.25. The van der Waals surface area contributed by atoms with Gasteiger partial charge in [0.1, 0.15) is 0 Å². The SMILES string of the molecule is CN(CCC#N)CCC1CCCO1. The van der Waals surface area contributed by atoms with Gasteiger partial charge < -0.3 is 9.64 Å². The van der Waals surface area contributed by atoms with Crippen molar-refractivity contribution in [3.63, 3.8) is 0 Å². The van der Waals surface area contributed by atoms with Crippen molar-refractivity contribution in [1.29, 1.82) is 5.26 Å². The highest BCUT2D eigenvalue weighted by molar-refractivity contribution is 4.72. The molecule has 0 spiro atoms. The van der Waals surface area contributed by atoms with E-state index < -0.39 is 0 Å². The topological polar surface area (TPSA) is 36.3 Å². The summed E-state index contributed by atoms with van der Waals surface area (Å²) in [6, 6.07) is 2.15. The summed E-state index contributed by atoms with van der Waals surface area (Å²) in [6.45, 7) is 2.86. The number of hydrogen-bond acceptors (Lipinski definition) is 3. The minimum absolute atomic E-state index is 0.476. The van der Waals surface area contributed by atoms with Gasteiger partial charge in [-0.15, -0.1) is 0 Å². The van der Waals surface area contributed by atoms with Gasteiger partial charge in [0.25, 0.3) is 0 Å². The van der Waals surface area contributed by atoms with E-state index in [1.807, 2.05) is 0 Å². The summed E-state index contributed by atoms with van der Waals surface area (Å²) >= 11 is 0. The smallest absolute Gasteiger partial charge is 0.0635 e. The Morgan fingerprint density at radius 3 is 3.00 bits per heavy atom. The zero-order valence-corrected chi connectivity index (χ0v) is 8.33. The van der Waals surface area contributed by atoms with Crippen LogP contribution in [0.1, 0.15) is 25.7 Å². The molecule has 3 heteroatoms. The van der Waals surface area contributed by atoms with Crippen LogP contribution in [0, 0.1) is 11.3 Å². The van der Waals surface area contributed by atoms with Crippen LogP contribution in [0.4, 0.5) is 0 Å². The van der Waals surface area contributed by atoms with Crippen molar-refractivity contribution in [3.8, 4) is 6.07 Å². The maximum atomic E-state index is 8.39. The number of hydrogen-bond donors (Lipinski definition) is 0. The van der Waals surface area contributed by atoms with E-state index in [-0.39, 0.29) is 0 Å². The van der Waals surface area contributed by atoms with Crippen molar-refractivity contribution in [2.75, 3.05) is 26.7 Å². The Kier molecular flexibility index (Phi) is 4.81. The van der Waals surface area contributed by atoms with E-state index >= 15 is 0 Å². The van der Waals surface area contributed by atoms with E-state index in [4.69, 9.17) is 10.00 Å². The largest absolute Gasteiger partial charge is 0.378 e. The minimum Gasteiger partial charge on any atom is -0.378 e. The third-order valence-electron chi connectivity index (χ3n) is 2.46. The van der Waals surface area contributed by atoms with Crippen LogP contribution in [0.5, 0.6) is 0 Å². The van der Waals surface area contributed by atoms with Crippen LogP contribution in [0.15, 0.2) is 0 Å². The lowest BCUT2D eigenvalue weighted by Crippen LogP contribution is -2.24. The molecule has 1 atom stereocenters. The van der Waals surface area contributed by atoms with Crippen LogP contribution in [0.2, 0.25) is 0 Å². The first-order valence-electron chi connectivity index (χ1n) is 5.00. The molecule has 1 heterocycles. The van der Waals surface area contributed by atoms with Gasteiger partial charge in [0.15, 0.2) is 0 Å². The molecule has 0 bridgehead atoms. The molecule has 0 amide bonds. The first-order valence-corrected chi connectivity index (χ1v) is 5.00. The average molecular weight is 182 g/mol. The summed E-state index contributed by atoms with van der Waals surface area (Å²) in [5.74, 6) is 0. The van der Waals surface area contributed by atoms with Crippen molar-refractivity contribution in [3.05, 3.63) is 0 Å². The first kappa shape index (κ1) is 10.5. The molecular weight excluding hydrogens is 164 g/mol. The van der Waals surface area contributed by atoms with Crippen LogP contribution in [0.25, 0.3) is 0 Å². The summed E-state index contributed by atoms with van der Waals surface area (Å²) < 4.78 is 5.52. The fraction of sp³-hybridized carbons (Fsp3) is 0.900. The van der Waals surface area contributed by atoms with Crippen LogP contribution in [0.3, 0.4) is 0 Å². The van der Waals surface area contributed by atoms with E-state index in [0.717, 1.165) is 26.1 Å². The van der Waals surface area contributed by atoms with Crippen LogP contribution in [-0.4, -0.2) is 37.7 Å². The maximum Gasteiger partial charge on any atom is 0.0635 e. The Hall–Kier alpha value is -0.590. The fourth-order valence-electron chi connectivity index (χ4n) is 1.59. The van der Waals surface area contributed by atoms with E-state index in [1.165, 1.54) is 12.8 Å². The number of nitriles is 1. The summed E-state index contributed by atoms with van der Waals surface area (Å²) in [4.78, 5) is 2.20. The van der Waals surface area contributed by atoms with Crippen LogP contribution in [-0.2, 0) is 4.74 Å². The molecule has 0 saturated carbocycles. The highest BCUT2D eigenvalue weighted by atomic mass is 16.5. The predicted octanol–water partition coefficient (Wildman–Crippen LogP) is 1.40. The lowest BCUT2D eigenvalue weighted by atomic mass is 10.2. The molecule has 0 aromatic rings. The zero-order chi connectivity index (χ0) is 9.52. The summed E-state index contributed by atoms with van der Waals surface area (Å²) in [5, 5.41) is 8.39. The van der Waals surface area contributed by atoms with Crippen LogP contribution < -0.4 is 0 Å². The summed E-state index contributed by atoms with van der Waals surface area (Å²) in [7, 11) is 2.06. The minimum atomic E-state index is 0.476. The molecule has 1 fully saturated rings. The molecule has 0 aromatic heterocycles. The number of ether oxygens (including phenoxy) is 1. The van der Waals surface area contributed by atoms with Gasteiger partial charge in [-0.3, -0.25) is 0 Å². The van der Waals surface area contributed by atoms with Gasteiger partial charge in [-0.1, -0.05) is 0 Å². The fourth-order valence-corrected chi connectivity index (χ4v) is 1.59. The molecule has 1 rings (SSSR count). The molecule has 74 valence electrons. The predicted molar refractivity (Wildman–Crippen MR) is 51.3 cm³/mol. The second-order valence-corrected chi connectivity index (χ2v) is 3.64. The molecule has 3 nitrogen and oxygen atoms in total. The van der Waals surface area contributed by atoms with Gasteiger partial charge in [-0.2, -0.15) is 5.26 Å². The molecule has 1 saturated heterocycles. The second kappa shape index (κ2) is 5.95. The average Bonchev–Trinajstić information content (AvgIpc) is 2.64. The van der Waals surface area contributed by atoms with Crippen molar-refractivity contribution in [2.24, 2.45) is 0 Å². The highest BCUT2D eigenvalue weighted by Crippen LogP contribution is 2.15. The quantitative estimate of drug-likeness (QED) is 0.645. The number of rotatable bonds is 5. The Labute approximate surface area is 80.3 Å². The van der Waals surface area contributed by atoms with E-state index in [1.54, 1.807) is 0 Å².